The number of nitrogens with zero attached hydrogens (tertiary/aromatic N) is 10. The van der Waals surface area contributed by atoms with Crippen LogP contribution in [0.1, 0.15) is 128 Å². The molecular formula is C79H111FN14O17. The van der Waals surface area contributed by atoms with Crippen LogP contribution in [0, 0.1) is 0 Å². The zero-order chi connectivity index (χ0) is 81.9. The molecule has 606 valence electrons. The van der Waals surface area contributed by atoms with Crippen molar-refractivity contribution in [1.29, 1.82) is 0 Å². The Bertz CT molecular complexity index is 4390. The summed E-state index contributed by atoms with van der Waals surface area (Å²) in [6.45, 7) is 3.64. The number of hydrogen-bond acceptors (Lipinski definition) is 19. The van der Waals surface area contributed by atoms with Gasteiger partial charge in [-0.05, 0) is 107 Å². The number of hydrogen-bond donors (Lipinski definition) is 5. The summed E-state index contributed by atoms with van der Waals surface area (Å²) in [5, 5.41) is 18.3. The molecule has 8 heterocycles. The maximum absolute atomic E-state index is 12.8. The van der Waals surface area contributed by atoms with Crippen LogP contribution in [0.2, 0.25) is 0 Å². The first kappa shape index (κ1) is 86.1. The number of aliphatic carboxylic acids is 1. The molecule has 6 aromatic rings. The van der Waals surface area contributed by atoms with Gasteiger partial charge in [0.25, 0.3) is 11.1 Å². The minimum absolute atomic E-state index is 0.00299. The van der Waals surface area contributed by atoms with Gasteiger partial charge in [-0.2, -0.15) is 0 Å². The van der Waals surface area contributed by atoms with Crippen LogP contribution >= 0.6 is 0 Å². The summed E-state index contributed by atoms with van der Waals surface area (Å²) in [4.78, 5) is 156. The summed E-state index contributed by atoms with van der Waals surface area (Å²) >= 11 is 0. The van der Waals surface area contributed by atoms with Crippen molar-refractivity contribution in [3.05, 3.63) is 93.0 Å². The third-order valence-electron chi connectivity index (χ3n) is 20.3. The van der Waals surface area contributed by atoms with Gasteiger partial charge >= 0.3 is 5.97 Å². The van der Waals surface area contributed by atoms with Crippen molar-refractivity contribution in [2.24, 2.45) is 33.9 Å². The smallest absolute Gasteiger partial charge is 0.317 e. The van der Waals surface area contributed by atoms with Crippen LogP contribution < -0.4 is 51.8 Å². The number of aryl methyl sites for hydroxylation is 4. The van der Waals surface area contributed by atoms with Crippen LogP contribution in [0.5, 0.6) is 23.0 Å². The van der Waals surface area contributed by atoms with E-state index in [1.54, 1.807) is 79.6 Å². The maximum atomic E-state index is 12.8. The number of fused-ring (bicyclic) bond motifs is 2. The molecule has 4 aromatic heterocycles. The minimum Gasteiger partial charge on any atom is -0.496 e. The van der Waals surface area contributed by atoms with Crippen LogP contribution in [0.3, 0.4) is 0 Å². The first-order valence-corrected chi connectivity index (χ1v) is 37.6. The molecule has 0 bridgehead atoms. The SMILES string of the molecule is COc1cc(-c2cn(C)c(=O)c3c2ccn3C)cc(OC)c1CN(C)CC(=O)NCCCCCCCCC(=O)N1CCN(C2CCC(=O)NC2=O)C(=O)C1.COc1cc(-c2cn(C)c(=O)c3c2ccn3C)cc(OC)c1CN(C)CC(=O)O.NCCCCCCCCC(=O)N1CCN(C2CCC(=O)NC2=O)C(=O)C1.[2H]CF. The number of rotatable bonds is 33. The monoisotopic (exact) mass is 1550 g/mol. The van der Waals surface area contributed by atoms with Crippen molar-refractivity contribution < 1.29 is 77.8 Å². The van der Waals surface area contributed by atoms with Gasteiger partial charge in [-0.1, -0.05) is 51.4 Å². The average molecular weight is 1550 g/mol. The lowest BCUT2D eigenvalue weighted by Crippen LogP contribution is -2.60. The predicted octanol–water partition coefficient (Wildman–Crippen LogP) is 5.13. The molecule has 0 spiro atoms. The Morgan fingerprint density at radius 2 is 0.928 bits per heavy atom. The van der Waals surface area contributed by atoms with Crippen LogP contribution in [-0.2, 0) is 89.2 Å². The molecule has 31 nitrogen and oxygen atoms in total. The fraction of sp³-hybridized carbons (Fsp3) is 0.544. The number of unbranched alkanes of at least 4 members (excludes halogenated alkanes) is 10. The lowest BCUT2D eigenvalue weighted by molar-refractivity contribution is -0.152. The highest BCUT2D eigenvalue weighted by atomic mass is 19.1. The quantitative estimate of drug-likeness (QED) is 0.0263. The third-order valence-corrected chi connectivity index (χ3v) is 20.3. The molecule has 6 N–H and O–H groups in total. The highest BCUT2D eigenvalue weighted by molar-refractivity contribution is 6.03. The molecule has 4 aliphatic heterocycles. The molecule has 10 rings (SSSR count). The van der Waals surface area contributed by atoms with Crippen LogP contribution in [0.4, 0.5) is 4.39 Å². The maximum Gasteiger partial charge on any atom is 0.317 e. The minimum atomic E-state index is -1.00. The van der Waals surface area contributed by atoms with E-state index in [1.165, 1.54) is 9.80 Å². The number of methoxy groups -OCH3 is 4. The number of nitrogens with two attached hydrogens (primary N) is 1. The summed E-state index contributed by atoms with van der Waals surface area (Å²) in [6.07, 6.45) is 21.1. The molecule has 111 heavy (non-hydrogen) atoms. The molecule has 4 fully saturated rings. The fourth-order valence-electron chi connectivity index (χ4n) is 14.4. The molecule has 0 radical (unpaired) electrons. The van der Waals surface area contributed by atoms with Crippen molar-refractivity contribution in [3.63, 3.8) is 0 Å². The van der Waals surface area contributed by atoms with Gasteiger partial charge in [0, 0.05) is 146 Å². The number of imide groups is 2. The van der Waals surface area contributed by atoms with Gasteiger partial charge in [0.05, 0.1) is 74.3 Å². The first-order chi connectivity index (χ1) is 53.6. The highest BCUT2D eigenvalue weighted by Crippen LogP contribution is 2.40. The molecule has 0 aliphatic carbocycles. The van der Waals surface area contributed by atoms with Crippen LogP contribution in [0.25, 0.3) is 44.1 Å². The zero-order valence-corrected chi connectivity index (χ0v) is 65.8. The Labute approximate surface area is 647 Å². The van der Waals surface area contributed by atoms with Gasteiger partial charge in [0.15, 0.2) is 0 Å². The van der Waals surface area contributed by atoms with E-state index in [2.05, 4.69) is 16.0 Å². The Morgan fingerprint density at radius 1 is 0.559 bits per heavy atom. The topological polar surface area (TPSA) is 363 Å². The van der Waals surface area contributed by atoms with Gasteiger partial charge in [0.2, 0.25) is 53.2 Å². The number of piperidine rings is 2. The molecule has 0 saturated carbocycles. The largest absolute Gasteiger partial charge is 0.496 e. The summed E-state index contributed by atoms with van der Waals surface area (Å²) < 4.78 is 45.1. The van der Waals surface area contributed by atoms with Gasteiger partial charge in [-0.3, -0.25) is 82.4 Å². The molecule has 4 aliphatic rings. The van der Waals surface area contributed by atoms with E-state index in [0.717, 1.165) is 128 Å². The molecule has 2 aromatic carbocycles. The Morgan fingerprint density at radius 3 is 1.29 bits per heavy atom. The van der Waals surface area contributed by atoms with E-state index in [1.807, 2.05) is 90.2 Å². The number of piperazine rings is 2. The second-order valence-corrected chi connectivity index (χ2v) is 28.4. The number of amides is 9. The van der Waals surface area contributed by atoms with Crippen LogP contribution in [-0.4, -0.2) is 239 Å². The molecule has 9 amide bonds. The van der Waals surface area contributed by atoms with Crippen molar-refractivity contribution in [1.82, 2.24) is 63.6 Å². The van der Waals surface area contributed by atoms with Gasteiger partial charge < -0.3 is 73.0 Å². The van der Waals surface area contributed by atoms with E-state index < -0.39 is 37.0 Å². The van der Waals surface area contributed by atoms with E-state index >= 15 is 0 Å². The van der Waals surface area contributed by atoms with E-state index in [0.29, 0.717) is 106 Å². The number of aromatic nitrogens is 4. The van der Waals surface area contributed by atoms with Gasteiger partial charge in [-0.15, -0.1) is 0 Å². The summed E-state index contributed by atoms with van der Waals surface area (Å²) in [6, 6.07) is 10.3. The zero-order valence-electron chi connectivity index (χ0n) is 66.8. The van der Waals surface area contributed by atoms with Crippen molar-refractivity contribution >= 4 is 80.9 Å². The van der Waals surface area contributed by atoms with Crippen molar-refractivity contribution in [3.8, 4) is 45.3 Å². The Balaban J connectivity index is 0.000000252. The second-order valence-electron chi connectivity index (χ2n) is 28.4. The number of carboxylic acids is 1. The lowest BCUT2D eigenvalue weighted by atomic mass is 10.00. The number of carbonyl (C=O) groups excluding carboxylic acids is 9. The predicted molar refractivity (Wildman–Crippen MR) is 416 cm³/mol. The van der Waals surface area contributed by atoms with Gasteiger partial charge in [0.1, 0.15) is 46.1 Å². The lowest BCUT2D eigenvalue weighted by Gasteiger charge is -2.39. The number of nitrogens with one attached hydrogen (secondary N) is 3. The summed E-state index contributed by atoms with van der Waals surface area (Å²) in [5.41, 5.74) is 11.6. The number of alkyl halides is 1. The second kappa shape index (κ2) is 42.6. The molecule has 32 heteroatoms. The Kier molecular flexibility index (Phi) is 33.1. The third kappa shape index (κ3) is 23.5. The summed E-state index contributed by atoms with van der Waals surface area (Å²) in [5.74, 6) is -0.548. The van der Waals surface area contributed by atoms with E-state index in [-0.39, 0.29) is 91.5 Å². The first-order valence-electron chi connectivity index (χ1n) is 38.4. The average Bonchev–Trinajstić information content (AvgIpc) is 1.56. The van der Waals surface area contributed by atoms with E-state index in [4.69, 9.17) is 31.2 Å². The molecular weight excluding hydrogens is 1440 g/mol. The highest BCUT2D eigenvalue weighted by Gasteiger charge is 2.40. The number of carbonyl (C=O) groups is 10. The number of likely N-dealkylation sites (N-methyl/N-ethyl adjacent to an activating group) is 2. The fourth-order valence-corrected chi connectivity index (χ4v) is 14.4. The van der Waals surface area contributed by atoms with Crippen molar-refractivity contribution in [2.75, 3.05) is 115 Å². The number of pyridine rings is 2. The standard InChI is InChI=1S/C39H53N7O8.C21H25N3O5.C18H30N4O4.CH3F/c1-42(22-29-31(53-4)20-26(21-32(29)54-5)28-23-44(3)39(52)37-27(28)15-17-43(37)2)24-34(48)40-16-11-9-7-6-8-10-12-35(49)45-18-19-46(36(50)25-45)30-13-14-33(47)41-38(30)51;1-22(12-19(25)26)10-16-17(28-4)8-13(9-18(16)29-5)15-11-24(3)21(27)20-14(15)6-7-23(20)2;19-10-6-4-2-1-3-5-7-16(24)21-11-12-22(17(25)13-21)14-8-9-15(23)20-18(14)26;1-2/h15,17,20-21,23,30H,6-14,16,18-19,22,24-25H2,1-5H3,(H,40,48)(H,41,47,51);6-9,11H,10,12H2,1-5H3,(H,25,26);14H,1-13,19H2,(H,20,23,26);1H3/i;;;1D. The number of benzene rings is 2. The molecule has 2 atom stereocenters. The normalized spacial score (nSPS) is 16.0. The number of ether oxygens (including phenoxy) is 4. The van der Waals surface area contributed by atoms with E-state index in [9.17, 15) is 61.9 Å². The number of carboxylic acid groups (broad SMARTS) is 1. The molecule has 2 unspecified atom stereocenters. The molecule has 4 saturated heterocycles. The number of halogens is 1. The Hall–Kier alpha value is -10.5. The van der Waals surface area contributed by atoms with Crippen molar-refractivity contribution in [2.45, 2.75) is 141 Å². The summed E-state index contributed by atoms with van der Waals surface area (Å²) in [7, 11) is 16.1. The van der Waals surface area contributed by atoms with Crippen LogP contribution in [0.15, 0.2) is 70.8 Å². The van der Waals surface area contributed by atoms with Gasteiger partial charge in [-0.25, -0.2) is 0 Å².